The maximum atomic E-state index is 4.96. The molecule has 0 saturated heterocycles. The van der Waals surface area contributed by atoms with Crippen LogP contribution in [0.2, 0.25) is 0 Å². The highest BCUT2D eigenvalue weighted by Gasteiger charge is 2.06. The van der Waals surface area contributed by atoms with Gasteiger partial charge in [-0.2, -0.15) is 0 Å². The largest absolute Gasteiger partial charge is 0.383 e. The maximum absolute atomic E-state index is 4.96. The molecule has 1 aromatic rings. The minimum absolute atomic E-state index is 0.409. The molecule has 1 unspecified atom stereocenters. The van der Waals surface area contributed by atoms with Gasteiger partial charge in [0, 0.05) is 24.6 Å². The first kappa shape index (κ1) is 11.2. The normalized spacial score (nSPS) is 13.2. The number of hydrogen-bond donors (Lipinski definition) is 1. The van der Waals surface area contributed by atoms with Crippen molar-refractivity contribution in [2.75, 3.05) is 20.3 Å². The van der Waals surface area contributed by atoms with Gasteiger partial charge in [0.2, 0.25) is 0 Å². The summed E-state index contributed by atoms with van der Waals surface area (Å²) in [5.41, 5.74) is 0. The third kappa shape index (κ3) is 3.77. The van der Waals surface area contributed by atoms with Crippen LogP contribution in [0.1, 0.15) is 17.8 Å². The molecule has 2 nitrogen and oxygen atoms in total. The molecule has 1 heterocycles. The lowest BCUT2D eigenvalue weighted by molar-refractivity contribution is 0.196. The highest BCUT2D eigenvalue weighted by molar-refractivity contribution is 9.11. The van der Waals surface area contributed by atoms with Crippen molar-refractivity contribution in [3.63, 3.8) is 0 Å². The van der Waals surface area contributed by atoms with E-state index in [0.717, 1.165) is 13.2 Å². The number of methoxy groups -OCH3 is 1. The zero-order valence-electron chi connectivity index (χ0n) is 7.84. The molecular weight excluding hydrogens is 250 g/mol. The number of ether oxygens (including phenoxy) is 1. The topological polar surface area (TPSA) is 21.3 Å². The lowest BCUT2D eigenvalue weighted by atomic mass is 10.3. The molecule has 0 radical (unpaired) electrons. The fraction of sp³-hybridized carbons (Fsp3) is 0.556. The number of halogens is 1. The van der Waals surface area contributed by atoms with Crippen LogP contribution in [0, 0.1) is 0 Å². The minimum atomic E-state index is 0.409. The van der Waals surface area contributed by atoms with Gasteiger partial charge in [-0.05, 0) is 35.0 Å². The molecule has 1 N–H and O–H groups in total. The van der Waals surface area contributed by atoms with Gasteiger partial charge in [0.05, 0.1) is 10.4 Å². The molecule has 4 heteroatoms. The van der Waals surface area contributed by atoms with Gasteiger partial charge in [0.1, 0.15) is 0 Å². The lowest BCUT2D eigenvalue weighted by Crippen LogP contribution is -2.22. The molecule has 0 bridgehead atoms. The first-order valence-electron chi connectivity index (χ1n) is 4.21. The molecule has 0 fully saturated rings. The number of rotatable bonds is 5. The summed E-state index contributed by atoms with van der Waals surface area (Å²) >= 11 is 5.22. The van der Waals surface area contributed by atoms with Crippen LogP contribution in [-0.2, 0) is 4.74 Å². The number of thiophene rings is 1. The second kappa shape index (κ2) is 5.75. The zero-order chi connectivity index (χ0) is 9.68. The molecule has 0 aliphatic heterocycles. The highest BCUT2D eigenvalue weighted by atomic mass is 79.9. The lowest BCUT2D eigenvalue weighted by Gasteiger charge is -2.10. The minimum Gasteiger partial charge on any atom is -0.383 e. The molecule has 74 valence electrons. The van der Waals surface area contributed by atoms with E-state index in [1.54, 1.807) is 18.4 Å². The van der Waals surface area contributed by atoms with E-state index in [9.17, 15) is 0 Å². The Hall–Kier alpha value is 0.1000. The van der Waals surface area contributed by atoms with Gasteiger partial charge in [-0.3, -0.25) is 0 Å². The van der Waals surface area contributed by atoms with Gasteiger partial charge < -0.3 is 10.1 Å². The first-order chi connectivity index (χ1) is 6.24. The number of nitrogens with one attached hydrogen (secondary N) is 1. The zero-order valence-corrected chi connectivity index (χ0v) is 10.2. The SMILES string of the molecule is COCCNC(C)c1ccc(Br)s1. The quantitative estimate of drug-likeness (QED) is 0.826. The van der Waals surface area contributed by atoms with E-state index in [2.05, 4.69) is 40.3 Å². The van der Waals surface area contributed by atoms with Gasteiger partial charge in [0.25, 0.3) is 0 Å². The fourth-order valence-corrected chi connectivity index (χ4v) is 2.49. The third-order valence-corrected chi connectivity index (χ3v) is 3.58. The van der Waals surface area contributed by atoms with Crippen molar-refractivity contribution in [2.24, 2.45) is 0 Å². The molecule has 0 aliphatic rings. The summed E-state index contributed by atoms with van der Waals surface area (Å²) in [5, 5.41) is 3.38. The van der Waals surface area contributed by atoms with E-state index in [-0.39, 0.29) is 0 Å². The Morgan fingerprint density at radius 2 is 2.38 bits per heavy atom. The predicted octanol–water partition coefficient (Wildman–Crippen LogP) is 2.81. The Morgan fingerprint density at radius 3 is 2.92 bits per heavy atom. The van der Waals surface area contributed by atoms with Crippen molar-refractivity contribution in [1.82, 2.24) is 5.32 Å². The van der Waals surface area contributed by atoms with Crippen molar-refractivity contribution < 1.29 is 4.74 Å². The van der Waals surface area contributed by atoms with Crippen molar-refractivity contribution in [1.29, 1.82) is 0 Å². The molecule has 1 atom stereocenters. The molecule has 0 aromatic carbocycles. The van der Waals surface area contributed by atoms with E-state index in [4.69, 9.17) is 4.74 Å². The summed E-state index contributed by atoms with van der Waals surface area (Å²) in [4.78, 5) is 1.35. The van der Waals surface area contributed by atoms with Crippen LogP contribution in [0.3, 0.4) is 0 Å². The average molecular weight is 264 g/mol. The van der Waals surface area contributed by atoms with Crippen molar-refractivity contribution in [3.8, 4) is 0 Å². The van der Waals surface area contributed by atoms with Crippen LogP contribution in [0.25, 0.3) is 0 Å². The van der Waals surface area contributed by atoms with Gasteiger partial charge in [-0.15, -0.1) is 11.3 Å². The Bertz CT molecular complexity index is 252. The van der Waals surface area contributed by atoms with Crippen LogP contribution in [0.15, 0.2) is 15.9 Å². The van der Waals surface area contributed by atoms with Crippen LogP contribution >= 0.6 is 27.3 Å². The molecular formula is C9H14BrNOS. The van der Waals surface area contributed by atoms with Crippen LogP contribution in [0.4, 0.5) is 0 Å². The smallest absolute Gasteiger partial charge is 0.0701 e. The molecule has 13 heavy (non-hydrogen) atoms. The summed E-state index contributed by atoms with van der Waals surface area (Å²) < 4.78 is 6.15. The van der Waals surface area contributed by atoms with Gasteiger partial charge in [-0.1, -0.05) is 0 Å². The summed E-state index contributed by atoms with van der Waals surface area (Å²) in [6, 6.07) is 4.62. The summed E-state index contributed by atoms with van der Waals surface area (Å²) in [7, 11) is 1.72. The summed E-state index contributed by atoms with van der Waals surface area (Å²) in [6.45, 7) is 3.82. The van der Waals surface area contributed by atoms with Crippen LogP contribution in [0.5, 0.6) is 0 Å². The third-order valence-electron chi connectivity index (χ3n) is 1.78. The number of hydrogen-bond acceptors (Lipinski definition) is 3. The highest BCUT2D eigenvalue weighted by Crippen LogP contribution is 2.26. The van der Waals surface area contributed by atoms with E-state index < -0.39 is 0 Å². The van der Waals surface area contributed by atoms with Crippen LogP contribution < -0.4 is 5.32 Å². The molecule has 0 saturated carbocycles. The maximum Gasteiger partial charge on any atom is 0.0701 e. The Labute approximate surface area is 91.4 Å². The van der Waals surface area contributed by atoms with E-state index in [1.165, 1.54) is 8.66 Å². The summed E-state index contributed by atoms with van der Waals surface area (Å²) in [6.07, 6.45) is 0. The molecule has 1 rings (SSSR count). The Kier molecular flexibility index (Phi) is 4.94. The van der Waals surface area contributed by atoms with E-state index in [1.807, 2.05) is 0 Å². The van der Waals surface area contributed by atoms with E-state index in [0.29, 0.717) is 6.04 Å². The predicted molar refractivity (Wildman–Crippen MR) is 60.3 cm³/mol. The van der Waals surface area contributed by atoms with Crippen molar-refractivity contribution in [3.05, 3.63) is 20.8 Å². The Morgan fingerprint density at radius 1 is 1.62 bits per heavy atom. The van der Waals surface area contributed by atoms with Crippen molar-refractivity contribution in [2.45, 2.75) is 13.0 Å². The van der Waals surface area contributed by atoms with Crippen LogP contribution in [-0.4, -0.2) is 20.3 Å². The monoisotopic (exact) mass is 263 g/mol. The second-order valence-corrected chi connectivity index (χ2v) is 5.31. The van der Waals surface area contributed by atoms with E-state index >= 15 is 0 Å². The average Bonchev–Trinajstić information content (AvgIpc) is 2.52. The molecule has 0 spiro atoms. The standard InChI is InChI=1S/C9H14BrNOS/c1-7(11-5-6-12-2)8-3-4-9(10)13-8/h3-4,7,11H,5-6H2,1-2H3. The first-order valence-corrected chi connectivity index (χ1v) is 5.82. The van der Waals surface area contributed by atoms with Gasteiger partial charge in [-0.25, -0.2) is 0 Å². The van der Waals surface area contributed by atoms with Gasteiger partial charge >= 0.3 is 0 Å². The summed E-state index contributed by atoms with van der Waals surface area (Å²) in [5.74, 6) is 0. The van der Waals surface area contributed by atoms with Crippen molar-refractivity contribution >= 4 is 27.3 Å². The van der Waals surface area contributed by atoms with Gasteiger partial charge in [0.15, 0.2) is 0 Å². The molecule has 0 aliphatic carbocycles. The molecule has 0 amide bonds. The second-order valence-electron chi connectivity index (χ2n) is 2.81. The molecule has 1 aromatic heterocycles. The fourth-order valence-electron chi connectivity index (χ4n) is 1.04. The Balaban J connectivity index is 2.35.